The molecule has 3 heterocycles. The zero-order valence-corrected chi connectivity index (χ0v) is 23.8. The molecule has 200 valence electrons. The number of aryl methyl sites for hydroxylation is 2. The SMILES string of the molecule is COc1ccc2nc(Cl)cc(C3CC(c4ccc(C)cc4)=NN3c3nc(C)c(C(=O)Nc4ccccc4)s3)c2c1. The van der Waals surface area contributed by atoms with Crippen molar-refractivity contribution in [3.8, 4) is 5.75 Å². The molecule has 3 aromatic carbocycles. The average molecular weight is 568 g/mol. The van der Waals surface area contributed by atoms with Gasteiger partial charge in [-0.1, -0.05) is 71.0 Å². The highest BCUT2D eigenvalue weighted by Crippen LogP contribution is 2.42. The van der Waals surface area contributed by atoms with Gasteiger partial charge in [-0.05, 0) is 61.4 Å². The van der Waals surface area contributed by atoms with Crippen LogP contribution in [0.1, 0.15) is 44.5 Å². The molecule has 0 saturated carbocycles. The number of carbonyl (C=O) groups excluding carboxylic acids is 1. The van der Waals surface area contributed by atoms with Crippen LogP contribution in [-0.2, 0) is 0 Å². The van der Waals surface area contributed by atoms with Gasteiger partial charge in [0.05, 0.1) is 30.1 Å². The van der Waals surface area contributed by atoms with Crippen molar-refractivity contribution in [3.05, 3.63) is 111 Å². The van der Waals surface area contributed by atoms with Crippen LogP contribution in [0, 0.1) is 13.8 Å². The smallest absolute Gasteiger partial charge is 0.267 e. The third kappa shape index (κ3) is 5.03. The second-order valence-electron chi connectivity index (χ2n) is 9.63. The molecule has 1 unspecified atom stereocenters. The number of aromatic nitrogens is 2. The number of anilines is 2. The van der Waals surface area contributed by atoms with Crippen molar-refractivity contribution in [2.45, 2.75) is 26.3 Å². The molecule has 40 heavy (non-hydrogen) atoms. The van der Waals surface area contributed by atoms with Crippen LogP contribution < -0.4 is 15.1 Å². The van der Waals surface area contributed by atoms with Crippen LogP contribution >= 0.6 is 22.9 Å². The Morgan fingerprint density at radius 2 is 1.80 bits per heavy atom. The number of ether oxygens (including phenoxy) is 1. The molecular formula is C31H26ClN5O2S. The summed E-state index contributed by atoms with van der Waals surface area (Å²) in [6, 6.07) is 25.1. The van der Waals surface area contributed by atoms with Crippen LogP contribution in [0.3, 0.4) is 0 Å². The van der Waals surface area contributed by atoms with Crippen LogP contribution in [0.5, 0.6) is 5.75 Å². The highest BCUT2D eigenvalue weighted by Gasteiger charge is 2.34. The Hall–Kier alpha value is -4.27. The molecule has 0 bridgehead atoms. The summed E-state index contributed by atoms with van der Waals surface area (Å²) in [6.45, 7) is 3.91. The van der Waals surface area contributed by atoms with E-state index in [9.17, 15) is 4.79 Å². The first kappa shape index (κ1) is 26.0. The lowest BCUT2D eigenvalue weighted by atomic mass is 9.95. The number of thiazole rings is 1. The maximum absolute atomic E-state index is 13.2. The molecule has 1 amide bonds. The third-order valence-corrected chi connectivity index (χ3v) is 8.23. The van der Waals surface area contributed by atoms with E-state index >= 15 is 0 Å². The predicted molar refractivity (Wildman–Crippen MR) is 162 cm³/mol. The van der Waals surface area contributed by atoms with Crippen LogP contribution in [0.2, 0.25) is 5.15 Å². The highest BCUT2D eigenvalue weighted by molar-refractivity contribution is 7.17. The number of hydrogen-bond donors (Lipinski definition) is 1. The largest absolute Gasteiger partial charge is 0.497 e. The van der Waals surface area contributed by atoms with E-state index in [1.54, 1.807) is 7.11 Å². The number of pyridine rings is 1. The Kier molecular flexibility index (Phi) is 6.96. The number of hydrogen-bond acceptors (Lipinski definition) is 7. The van der Waals surface area contributed by atoms with Gasteiger partial charge in [0.25, 0.3) is 5.91 Å². The summed E-state index contributed by atoms with van der Waals surface area (Å²) in [6.07, 6.45) is 0.625. The molecule has 0 fully saturated rings. The van der Waals surface area contributed by atoms with Crippen LogP contribution in [-0.4, -0.2) is 28.7 Å². The number of rotatable bonds is 6. The maximum Gasteiger partial charge on any atom is 0.267 e. The summed E-state index contributed by atoms with van der Waals surface area (Å²) < 4.78 is 5.52. The second-order valence-corrected chi connectivity index (χ2v) is 11.0. The monoisotopic (exact) mass is 567 g/mol. The molecule has 5 aromatic rings. The van der Waals surface area contributed by atoms with E-state index in [2.05, 4.69) is 41.5 Å². The number of hydrazone groups is 1. The molecule has 0 radical (unpaired) electrons. The lowest BCUT2D eigenvalue weighted by Gasteiger charge is -2.23. The minimum atomic E-state index is -0.220. The Bertz CT molecular complexity index is 1750. The molecule has 0 saturated heterocycles. The molecule has 1 atom stereocenters. The minimum Gasteiger partial charge on any atom is -0.497 e. The van der Waals surface area contributed by atoms with E-state index in [1.807, 2.05) is 66.5 Å². The molecule has 1 N–H and O–H groups in total. The average Bonchev–Trinajstić information content (AvgIpc) is 3.57. The second kappa shape index (κ2) is 10.7. The molecule has 6 rings (SSSR count). The predicted octanol–water partition coefficient (Wildman–Crippen LogP) is 7.58. The first-order chi connectivity index (χ1) is 19.4. The van der Waals surface area contributed by atoms with E-state index in [-0.39, 0.29) is 11.9 Å². The molecule has 2 aromatic heterocycles. The molecule has 7 nitrogen and oxygen atoms in total. The lowest BCUT2D eigenvalue weighted by Crippen LogP contribution is -2.19. The Morgan fingerprint density at radius 3 is 2.55 bits per heavy atom. The van der Waals surface area contributed by atoms with Gasteiger partial charge >= 0.3 is 0 Å². The standard InChI is InChI=1S/C31H26ClN5O2S/c1-18-9-11-20(12-10-18)26-17-27(24-16-28(32)35-25-14-13-22(39-3)15-23(24)25)37(36-26)31-33-19(2)29(40-31)30(38)34-21-7-5-4-6-8-21/h4-16,27H,17H2,1-3H3,(H,34,38). The number of halogens is 1. The fraction of sp³-hybridized carbons (Fsp3) is 0.161. The van der Waals surface area contributed by atoms with Gasteiger partial charge < -0.3 is 10.1 Å². The molecule has 1 aliphatic heterocycles. The quantitative estimate of drug-likeness (QED) is 0.214. The topological polar surface area (TPSA) is 79.7 Å². The van der Waals surface area contributed by atoms with Crippen LogP contribution in [0.25, 0.3) is 10.9 Å². The van der Waals surface area contributed by atoms with Crippen molar-refractivity contribution in [1.82, 2.24) is 9.97 Å². The van der Waals surface area contributed by atoms with Crippen molar-refractivity contribution in [2.24, 2.45) is 5.10 Å². The van der Waals surface area contributed by atoms with E-state index in [0.717, 1.165) is 39.2 Å². The summed E-state index contributed by atoms with van der Waals surface area (Å²) in [5, 5.41) is 11.9. The van der Waals surface area contributed by atoms with Gasteiger partial charge in [-0.25, -0.2) is 15.0 Å². The Labute approximate surface area is 241 Å². The van der Waals surface area contributed by atoms with Gasteiger partial charge in [0.2, 0.25) is 5.13 Å². The van der Waals surface area contributed by atoms with E-state index < -0.39 is 0 Å². The number of methoxy groups -OCH3 is 1. The van der Waals surface area contributed by atoms with Crippen molar-refractivity contribution in [1.29, 1.82) is 0 Å². The third-order valence-electron chi connectivity index (χ3n) is 6.89. The summed E-state index contributed by atoms with van der Waals surface area (Å²) in [5.41, 5.74) is 6.25. The van der Waals surface area contributed by atoms with Crippen molar-refractivity contribution < 1.29 is 9.53 Å². The van der Waals surface area contributed by atoms with Gasteiger partial charge in [-0.15, -0.1) is 0 Å². The Balaban J connectivity index is 1.44. The highest BCUT2D eigenvalue weighted by atomic mass is 35.5. The van der Waals surface area contributed by atoms with Gasteiger partial charge in [0.15, 0.2) is 0 Å². The van der Waals surface area contributed by atoms with Crippen molar-refractivity contribution >= 4 is 56.3 Å². The minimum absolute atomic E-state index is 0.201. The zero-order chi connectivity index (χ0) is 27.8. The molecule has 1 aliphatic rings. The van der Waals surface area contributed by atoms with Crippen LogP contribution in [0.15, 0.2) is 84.0 Å². The number of nitrogens with one attached hydrogen (secondary N) is 1. The number of fused-ring (bicyclic) bond motifs is 1. The van der Waals surface area contributed by atoms with Gasteiger partial charge in [0, 0.05) is 17.5 Å². The van der Waals surface area contributed by atoms with Crippen LogP contribution in [0.4, 0.5) is 10.8 Å². The first-order valence-corrected chi connectivity index (χ1v) is 14.0. The molecule has 0 spiro atoms. The first-order valence-electron chi connectivity index (χ1n) is 12.8. The molecule has 9 heteroatoms. The van der Waals surface area contributed by atoms with Crippen molar-refractivity contribution in [2.75, 3.05) is 17.4 Å². The maximum atomic E-state index is 13.2. The fourth-order valence-electron chi connectivity index (χ4n) is 4.85. The van der Waals surface area contributed by atoms with Gasteiger partial charge in [-0.3, -0.25) is 4.79 Å². The summed E-state index contributed by atoms with van der Waals surface area (Å²) >= 11 is 7.85. The summed E-state index contributed by atoms with van der Waals surface area (Å²) in [4.78, 5) is 23.1. The van der Waals surface area contributed by atoms with E-state index in [4.69, 9.17) is 26.4 Å². The normalized spacial score (nSPS) is 14.8. The Morgan fingerprint density at radius 1 is 1.02 bits per heavy atom. The fourth-order valence-corrected chi connectivity index (χ4v) is 6.02. The molecule has 0 aliphatic carbocycles. The van der Waals surface area contributed by atoms with Gasteiger partial charge in [-0.2, -0.15) is 5.10 Å². The van der Waals surface area contributed by atoms with Crippen molar-refractivity contribution in [3.63, 3.8) is 0 Å². The summed E-state index contributed by atoms with van der Waals surface area (Å²) in [5.74, 6) is 0.528. The number of nitrogens with zero attached hydrogens (tertiary/aromatic N) is 4. The summed E-state index contributed by atoms with van der Waals surface area (Å²) in [7, 11) is 1.64. The zero-order valence-electron chi connectivity index (χ0n) is 22.2. The number of para-hydroxylation sites is 1. The van der Waals surface area contributed by atoms with Gasteiger partial charge in [0.1, 0.15) is 15.8 Å². The lowest BCUT2D eigenvalue weighted by molar-refractivity contribution is 0.103. The number of benzene rings is 3. The molecular weight excluding hydrogens is 542 g/mol. The number of carbonyl (C=O) groups is 1. The number of amides is 1. The van der Waals surface area contributed by atoms with E-state index in [0.29, 0.717) is 27.3 Å². The van der Waals surface area contributed by atoms with E-state index in [1.165, 1.54) is 16.9 Å².